The molecule has 1 aliphatic heterocycles. The molecular formula is C12H16N2O3. The molecule has 1 heterocycles. The minimum Gasteiger partial charge on any atom is -0.478 e. The van der Waals surface area contributed by atoms with Crippen molar-refractivity contribution >= 4 is 17.3 Å². The standard InChI is InChI=1S/C12H16N2O3/c1-8-7-14(4-5-17-8)11-6-9(12(15)16)2-3-10(11)13/h2-3,6,8H,4-5,7,13H2,1H3,(H,15,16). The highest BCUT2D eigenvalue weighted by Crippen LogP contribution is 2.26. The molecule has 2 rings (SSSR count). The number of benzene rings is 1. The van der Waals surface area contributed by atoms with Gasteiger partial charge in [-0.1, -0.05) is 0 Å². The number of aromatic carboxylic acids is 1. The molecule has 5 nitrogen and oxygen atoms in total. The Bertz CT molecular complexity index is 434. The van der Waals surface area contributed by atoms with Gasteiger partial charge in [0.05, 0.1) is 29.6 Å². The lowest BCUT2D eigenvalue weighted by Crippen LogP contribution is -2.41. The van der Waals surface area contributed by atoms with Crippen LogP contribution in [0.5, 0.6) is 0 Å². The molecule has 0 spiro atoms. The molecule has 1 unspecified atom stereocenters. The fourth-order valence-electron chi connectivity index (χ4n) is 1.99. The number of hydrogen-bond donors (Lipinski definition) is 2. The third-order valence-electron chi connectivity index (χ3n) is 2.86. The van der Waals surface area contributed by atoms with Crippen LogP contribution in [-0.4, -0.2) is 36.9 Å². The molecule has 0 radical (unpaired) electrons. The second kappa shape index (κ2) is 4.63. The summed E-state index contributed by atoms with van der Waals surface area (Å²) in [5.41, 5.74) is 7.53. The van der Waals surface area contributed by atoms with Crippen molar-refractivity contribution < 1.29 is 14.6 Å². The first-order valence-corrected chi connectivity index (χ1v) is 5.57. The van der Waals surface area contributed by atoms with E-state index in [0.717, 1.165) is 18.8 Å². The lowest BCUT2D eigenvalue weighted by Gasteiger charge is -2.33. The molecule has 0 aromatic heterocycles. The Balaban J connectivity index is 2.29. The van der Waals surface area contributed by atoms with Gasteiger partial charge < -0.3 is 20.5 Å². The molecule has 0 amide bonds. The van der Waals surface area contributed by atoms with Crippen LogP contribution < -0.4 is 10.6 Å². The summed E-state index contributed by atoms with van der Waals surface area (Å²) in [5.74, 6) is -0.937. The molecule has 0 aliphatic carbocycles. The Hall–Kier alpha value is -1.75. The predicted molar refractivity (Wildman–Crippen MR) is 65.4 cm³/mol. The minimum atomic E-state index is -0.937. The van der Waals surface area contributed by atoms with Crippen molar-refractivity contribution in [1.29, 1.82) is 0 Å². The average Bonchev–Trinajstić information content (AvgIpc) is 2.29. The van der Waals surface area contributed by atoms with Crippen molar-refractivity contribution in [2.75, 3.05) is 30.3 Å². The number of hydrogen-bond acceptors (Lipinski definition) is 4. The molecule has 1 aromatic rings. The van der Waals surface area contributed by atoms with E-state index in [2.05, 4.69) is 4.90 Å². The van der Waals surface area contributed by atoms with Crippen LogP contribution in [0.15, 0.2) is 18.2 Å². The minimum absolute atomic E-state index is 0.136. The number of rotatable bonds is 2. The van der Waals surface area contributed by atoms with E-state index in [1.807, 2.05) is 6.92 Å². The number of nitrogens with zero attached hydrogens (tertiary/aromatic N) is 1. The van der Waals surface area contributed by atoms with Crippen molar-refractivity contribution in [2.24, 2.45) is 0 Å². The molecule has 0 saturated carbocycles. The van der Waals surface area contributed by atoms with Crippen LogP contribution in [0.3, 0.4) is 0 Å². The van der Waals surface area contributed by atoms with Crippen LogP contribution in [0.25, 0.3) is 0 Å². The Morgan fingerprint density at radius 2 is 2.35 bits per heavy atom. The fraction of sp³-hybridized carbons (Fsp3) is 0.417. The molecular weight excluding hydrogens is 220 g/mol. The number of carboxylic acid groups (broad SMARTS) is 1. The molecule has 1 aliphatic rings. The number of anilines is 2. The summed E-state index contributed by atoms with van der Waals surface area (Å²) < 4.78 is 5.45. The monoisotopic (exact) mass is 236 g/mol. The second-order valence-electron chi connectivity index (χ2n) is 4.21. The lowest BCUT2D eigenvalue weighted by atomic mass is 10.1. The largest absolute Gasteiger partial charge is 0.478 e. The average molecular weight is 236 g/mol. The zero-order valence-corrected chi connectivity index (χ0v) is 9.72. The lowest BCUT2D eigenvalue weighted by molar-refractivity contribution is 0.0533. The van der Waals surface area contributed by atoms with Crippen LogP contribution >= 0.6 is 0 Å². The van der Waals surface area contributed by atoms with E-state index in [1.165, 1.54) is 6.07 Å². The van der Waals surface area contributed by atoms with Crippen LogP contribution in [0.1, 0.15) is 17.3 Å². The highest BCUT2D eigenvalue weighted by atomic mass is 16.5. The van der Waals surface area contributed by atoms with E-state index in [4.69, 9.17) is 15.6 Å². The number of carboxylic acids is 1. The van der Waals surface area contributed by atoms with E-state index in [0.29, 0.717) is 12.3 Å². The van der Waals surface area contributed by atoms with Crippen molar-refractivity contribution in [3.8, 4) is 0 Å². The van der Waals surface area contributed by atoms with Crippen LogP contribution in [0.2, 0.25) is 0 Å². The number of morpholine rings is 1. The van der Waals surface area contributed by atoms with Gasteiger partial charge >= 0.3 is 5.97 Å². The van der Waals surface area contributed by atoms with Crippen LogP contribution in [0.4, 0.5) is 11.4 Å². The molecule has 92 valence electrons. The molecule has 1 saturated heterocycles. The van der Waals surface area contributed by atoms with Gasteiger partial charge in [-0.2, -0.15) is 0 Å². The maximum absolute atomic E-state index is 10.9. The molecule has 0 bridgehead atoms. The van der Waals surface area contributed by atoms with Gasteiger partial charge in [-0.15, -0.1) is 0 Å². The Labute approximate surface area is 99.8 Å². The number of ether oxygens (including phenoxy) is 1. The zero-order chi connectivity index (χ0) is 12.4. The van der Waals surface area contributed by atoms with E-state index in [1.54, 1.807) is 12.1 Å². The number of nitrogens with two attached hydrogens (primary N) is 1. The van der Waals surface area contributed by atoms with Gasteiger partial charge in [0.25, 0.3) is 0 Å². The Kier molecular flexibility index (Phi) is 3.19. The zero-order valence-electron chi connectivity index (χ0n) is 9.72. The highest BCUT2D eigenvalue weighted by Gasteiger charge is 2.19. The molecule has 1 aromatic carbocycles. The summed E-state index contributed by atoms with van der Waals surface area (Å²) in [6.07, 6.45) is 0.136. The van der Waals surface area contributed by atoms with E-state index >= 15 is 0 Å². The highest BCUT2D eigenvalue weighted by molar-refractivity contribution is 5.90. The first kappa shape index (κ1) is 11.7. The van der Waals surface area contributed by atoms with Crippen LogP contribution in [-0.2, 0) is 4.74 Å². The van der Waals surface area contributed by atoms with Gasteiger partial charge in [0.2, 0.25) is 0 Å². The summed E-state index contributed by atoms with van der Waals surface area (Å²) in [4.78, 5) is 13.0. The summed E-state index contributed by atoms with van der Waals surface area (Å²) in [7, 11) is 0. The molecule has 17 heavy (non-hydrogen) atoms. The summed E-state index contributed by atoms with van der Waals surface area (Å²) in [5, 5.41) is 8.97. The third kappa shape index (κ3) is 2.50. The van der Waals surface area contributed by atoms with Gasteiger partial charge in [-0.05, 0) is 25.1 Å². The van der Waals surface area contributed by atoms with Crippen molar-refractivity contribution in [3.05, 3.63) is 23.8 Å². The Morgan fingerprint density at radius 3 is 3.00 bits per heavy atom. The van der Waals surface area contributed by atoms with Crippen molar-refractivity contribution in [2.45, 2.75) is 13.0 Å². The van der Waals surface area contributed by atoms with Crippen molar-refractivity contribution in [1.82, 2.24) is 0 Å². The van der Waals surface area contributed by atoms with Gasteiger partial charge in [-0.3, -0.25) is 0 Å². The summed E-state index contributed by atoms with van der Waals surface area (Å²) in [6, 6.07) is 4.78. The quantitative estimate of drug-likeness (QED) is 0.754. The normalized spacial score (nSPS) is 20.3. The SMILES string of the molecule is CC1CN(c2cc(C(=O)O)ccc2N)CCO1. The summed E-state index contributed by atoms with van der Waals surface area (Å²) >= 11 is 0. The predicted octanol–water partition coefficient (Wildman–Crippen LogP) is 1.19. The molecule has 3 N–H and O–H groups in total. The molecule has 1 fully saturated rings. The maximum atomic E-state index is 10.9. The summed E-state index contributed by atoms with van der Waals surface area (Å²) in [6.45, 7) is 4.09. The van der Waals surface area contributed by atoms with Crippen LogP contribution in [0, 0.1) is 0 Å². The first-order valence-electron chi connectivity index (χ1n) is 5.57. The van der Waals surface area contributed by atoms with E-state index in [9.17, 15) is 4.79 Å². The smallest absolute Gasteiger partial charge is 0.335 e. The van der Waals surface area contributed by atoms with Gasteiger partial charge in [0, 0.05) is 13.1 Å². The fourth-order valence-corrected chi connectivity index (χ4v) is 1.99. The van der Waals surface area contributed by atoms with Crippen molar-refractivity contribution in [3.63, 3.8) is 0 Å². The van der Waals surface area contributed by atoms with Gasteiger partial charge in [0.15, 0.2) is 0 Å². The molecule has 5 heteroatoms. The second-order valence-corrected chi connectivity index (χ2v) is 4.21. The third-order valence-corrected chi connectivity index (χ3v) is 2.86. The number of nitrogen functional groups attached to an aromatic ring is 1. The van der Waals surface area contributed by atoms with E-state index < -0.39 is 5.97 Å². The van der Waals surface area contributed by atoms with E-state index in [-0.39, 0.29) is 11.7 Å². The topological polar surface area (TPSA) is 75.8 Å². The first-order chi connectivity index (χ1) is 8.08. The molecule has 1 atom stereocenters. The Morgan fingerprint density at radius 1 is 1.59 bits per heavy atom. The maximum Gasteiger partial charge on any atom is 0.335 e. The number of carbonyl (C=O) groups is 1. The van der Waals surface area contributed by atoms with Gasteiger partial charge in [0.1, 0.15) is 0 Å². The van der Waals surface area contributed by atoms with Gasteiger partial charge in [-0.25, -0.2) is 4.79 Å².